The van der Waals surface area contributed by atoms with E-state index in [2.05, 4.69) is 5.32 Å². The van der Waals surface area contributed by atoms with Crippen LogP contribution in [0.4, 0.5) is 4.39 Å². The van der Waals surface area contributed by atoms with Gasteiger partial charge in [-0.05, 0) is 36.1 Å². The molecule has 0 aliphatic heterocycles. The Hall–Kier alpha value is -1.88. The van der Waals surface area contributed by atoms with Crippen molar-refractivity contribution in [1.29, 1.82) is 0 Å². The Balaban J connectivity index is 2.09. The number of methoxy groups -OCH3 is 1. The molecule has 1 aromatic carbocycles. The third kappa shape index (κ3) is 3.12. The molecule has 0 bridgehead atoms. The molecule has 1 N–H and O–H groups in total. The standard InChI is InChI=1S/C14H14FNO2S/c1-9(16-14(17)11-5-6-19-8-11)10-3-4-13(18-2)12(15)7-10/h3-9H,1-2H3,(H,16,17)/t9-/m0/s1. The van der Waals surface area contributed by atoms with Crippen LogP contribution in [0.1, 0.15) is 28.9 Å². The van der Waals surface area contributed by atoms with Crippen LogP contribution in [0.5, 0.6) is 5.75 Å². The lowest BCUT2D eigenvalue weighted by atomic mass is 10.1. The highest BCUT2D eigenvalue weighted by Crippen LogP contribution is 2.22. The number of hydrogen-bond donors (Lipinski definition) is 1. The van der Waals surface area contributed by atoms with Crippen LogP contribution in [0.2, 0.25) is 0 Å². The second-order valence-corrected chi connectivity index (χ2v) is 4.88. The molecule has 0 aliphatic rings. The van der Waals surface area contributed by atoms with Crippen LogP contribution in [0.15, 0.2) is 35.0 Å². The predicted octanol–water partition coefficient (Wildman–Crippen LogP) is 3.39. The number of nitrogens with one attached hydrogen (secondary N) is 1. The third-order valence-corrected chi connectivity index (χ3v) is 3.49. The smallest absolute Gasteiger partial charge is 0.252 e. The Labute approximate surface area is 115 Å². The van der Waals surface area contributed by atoms with E-state index in [1.807, 2.05) is 12.3 Å². The van der Waals surface area contributed by atoms with Gasteiger partial charge >= 0.3 is 0 Å². The van der Waals surface area contributed by atoms with E-state index in [0.29, 0.717) is 11.1 Å². The van der Waals surface area contributed by atoms with Gasteiger partial charge in [0.15, 0.2) is 11.6 Å². The molecule has 0 spiro atoms. The van der Waals surface area contributed by atoms with Crippen molar-refractivity contribution in [3.63, 3.8) is 0 Å². The summed E-state index contributed by atoms with van der Waals surface area (Å²) in [6, 6.07) is 6.14. The van der Waals surface area contributed by atoms with Gasteiger partial charge in [-0.15, -0.1) is 0 Å². The Morgan fingerprint density at radius 2 is 2.21 bits per heavy atom. The number of carbonyl (C=O) groups excluding carboxylic acids is 1. The topological polar surface area (TPSA) is 38.3 Å². The zero-order valence-corrected chi connectivity index (χ0v) is 11.5. The molecule has 0 saturated carbocycles. The van der Waals surface area contributed by atoms with Gasteiger partial charge in [-0.1, -0.05) is 6.07 Å². The quantitative estimate of drug-likeness (QED) is 0.931. The monoisotopic (exact) mass is 279 g/mol. The highest BCUT2D eigenvalue weighted by Gasteiger charge is 2.13. The first-order chi connectivity index (χ1) is 9.11. The van der Waals surface area contributed by atoms with E-state index < -0.39 is 5.82 Å². The number of hydrogen-bond acceptors (Lipinski definition) is 3. The fourth-order valence-electron chi connectivity index (χ4n) is 1.71. The second-order valence-electron chi connectivity index (χ2n) is 4.10. The first-order valence-electron chi connectivity index (χ1n) is 5.78. The molecule has 0 saturated heterocycles. The van der Waals surface area contributed by atoms with Crippen LogP contribution in [0.25, 0.3) is 0 Å². The molecular formula is C14H14FNO2S. The van der Waals surface area contributed by atoms with E-state index in [4.69, 9.17) is 4.74 Å². The van der Waals surface area contributed by atoms with Gasteiger partial charge in [-0.2, -0.15) is 11.3 Å². The lowest BCUT2D eigenvalue weighted by Crippen LogP contribution is -2.26. The van der Waals surface area contributed by atoms with Crippen LogP contribution in [0, 0.1) is 5.82 Å². The van der Waals surface area contributed by atoms with Gasteiger partial charge in [0.1, 0.15) is 0 Å². The molecule has 1 aromatic heterocycles. The molecular weight excluding hydrogens is 265 g/mol. The van der Waals surface area contributed by atoms with Gasteiger partial charge in [0.05, 0.1) is 18.7 Å². The molecule has 0 fully saturated rings. The Morgan fingerprint density at radius 3 is 2.79 bits per heavy atom. The number of benzene rings is 1. The lowest BCUT2D eigenvalue weighted by Gasteiger charge is -2.14. The Bertz CT molecular complexity index is 569. The van der Waals surface area contributed by atoms with Crippen molar-refractivity contribution in [3.05, 3.63) is 52.0 Å². The zero-order chi connectivity index (χ0) is 13.8. The summed E-state index contributed by atoms with van der Waals surface area (Å²) in [6.07, 6.45) is 0. The minimum atomic E-state index is -0.434. The molecule has 1 amide bonds. The molecule has 0 aliphatic carbocycles. The van der Waals surface area contributed by atoms with Crippen molar-refractivity contribution in [2.45, 2.75) is 13.0 Å². The molecule has 5 heteroatoms. The maximum Gasteiger partial charge on any atom is 0.252 e. The number of rotatable bonds is 4. The van der Waals surface area contributed by atoms with E-state index in [-0.39, 0.29) is 17.7 Å². The molecule has 3 nitrogen and oxygen atoms in total. The number of halogens is 1. The minimum Gasteiger partial charge on any atom is -0.494 e. The van der Waals surface area contributed by atoms with Crippen LogP contribution in [-0.4, -0.2) is 13.0 Å². The summed E-state index contributed by atoms with van der Waals surface area (Å²) in [6.45, 7) is 1.81. The van der Waals surface area contributed by atoms with Crippen molar-refractivity contribution in [2.75, 3.05) is 7.11 Å². The SMILES string of the molecule is COc1ccc([C@H](C)NC(=O)c2ccsc2)cc1F. The normalized spacial score (nSPS) is 11.9. The first kappa shape index (κ1) is 13.5. The number of ether oxygens (including phenoxy) is 1. The van der Waals surface area contributed by atoms with Crippen molar-refractivity contribution >= 4 is 17.2 Å². The minimum absolute atomic E-state index is 0.162. The number of thiophene rings is 1. The van der Waals surface area contributed by atoms with E-state index in [1.165, 1.54) is 24.5 Å². The van der Waals surface area contributed by atoms with Crippen LogP contribution in [-0.2, 0) is 0 Å². The molecule has 0 unspecified atom stereocenters. The summed E-state index contributed by atoms with van der Waals surface area (Å²) in [4.78, 5) is 11.9. The molecule has 1 heterocycles. The van der Waals surface area contributed by atoms with Crippen LogP contribution < -0.4 is 10.1 Å². The van der Waals surface area contributed by atoms with Gasteiger partial charge in [0, 0.05) is 5.38 Å². The predicted molar refractivity (Wildman–Crippen MR) is 73.2 cm³/mol. The van der Waals surface area contributed by atoms with Gasteiger partial charge in [-0.25, -0.2) is 4.39 Å². The van der Waals surface area contributed by atoms with Crippen molar-refractivity contribution in [1.82, 2.24) is 5.32 Å². The van der Waals surface area contributed by atoms with E-state index in [0.717, 1.165) is 0 Å². The summed E-state index contributed by atoms with van der Waals surface area (Å²) in [5.74, 6) is -0.401. The highest BCUT2D eigenvalue weighted by molar-refractivity contribution is 7.08. The maximum atomic E-state index is 13.6. The lowest BCUT2D eigenvalue weighted by molar-refractivity contribution is 0.0940. The van der Waals surface area contributed by atoms with E-state index in [9.17, 15) is 9.18 Å². The number of amides is 1. The maximum absolute atomic E-state index is 13.6. The van der Waals surface area contributed by atoms with Crippen molar-refractivity contribution in [2.24, 2.45) is 0 Å². The molecule has 100 valence electrons. The van der Waals surface area contributed by atoms with E-state index >= 15 is 0 Å². The molecule has 0 radical (unpaired) electrons. The average molecular weight is 279 g/mol. The second kappa shape index (κ2) is 5.84. The van der Waals surface area contributed by atoms with Gasteiger partial charge in [0.2, 0.25) is 0 Å². The molecule has 2 rings (SSSR count). The van der Waals surface area contributed by atoms with E-state index in [1.54, 1.807) is 23.6 Å². The summed E-state index contributed by atoms with van der Waals surface area (Å²) >= 11 is 1.46. The first-order valence-corrected chi connectivity index (χ1v) is 6.72. The van der Waals surface area contributed by atoms with Gasteiger partial charge in [-0.3, -0.25) is 4.79 Å². The van der Waals surface area contributed by atoms with Crippen molar-refractivity contribution in [3.8, 4) is 5.75 Å². The molecule has 1 atom stereocenters. The summed E-state index contributed by atoms with van der Waals surface area (Å²) in [7, 11) is 1.42. The zero-order valence-electron chi connectivity index (χ0n) is 10.6. The molecule has 2 aromatic rings. The highest BCUT2D eigenvalue weighted by atomic mass is 32.1. The summed E-state index contributed by atoms with van der Waals surface area (Å²) in [5, 5.41) is 6.44. The van der Waals surface area contributed by atoms with Gasteiger partial charge in [0.25, 0.3) is 5.91 Å². The Kier molecular flexibility index (Phi) is 4.16. The largest absolute Gasteiger partial charge is 0.494 e. The fourth-order valence-corrected chi connectivity index (χ4v) is 2.34. The third-order valence-electron chi connectivity index (χ3n) is 2.81. The fraction of sp³-hybridized carbons (Fsp3) is 0.214. The van der Waals surface area contributed by atoms with Crippen LogP contribution in [0.3, 0.4) is 0 Å². The summed E-state index contributed by atoms with van der Waals surface area (Å²) in [5.41, 5.74) is 1.31. The summed E-state index contributed by atoms with van der Waals surface area (Å²) < 4.78 is 18.4. The van der Waals surface area contributed by atoms with Crippen LogP contribution >= 0.6 is 11.3 Å². The van der Waals surface area contributed by atoms with Gasteiger partial charge < -0.3 is 10.1 Å². The van der Waals surface area contributed by atoms with Crippen molar-refractivity contribution < 1.29 is 13.9 Å². The Morgan fingerprint density at radius 1 is 1.42 bits per heavy atom. The number of carbonyl (C=O) groups is 1. The molecule has 19 heavy (non-hydrogen) atoms. The average Bonchev–Trinajstić information content (AvgIpc) is 2.92.